The van der Waals surface area contributed by atoms with Crippen LogP contribution in [-0.4, -0.2) is 19.2 Å². The Bertz CT molecular complexity index is 599. The number of rotatable bonds is 6. The predicted molar refractivity (Wildman–Crippen MR) is 83.8 cm³/mol. The van der Waals surface area contributed by atoms with Gasteiger partial charge in [-0.3, -0.25) is 4.98 Å². The van der Waals surface area contributed by atoms with Crippen LogP contribution in [0.3, 0.4) is 0 Å². The topological polar surface area (TPSA) is 43.4 Å². The molecule has 0 saturated heterocycles. The van der Waals surface area contributed by atoms with Crippen LogP contribution in [0.15, 0.2) is 36.5 Å². The minimum absolute atomic E-state index is 0.174. The molecule has 1 heterocycles. The summed E-state index contributed by atoms with van der Waals surface area (Å²) in [5, 5.41) is 3.47. The fourth-order valence-corrected chi connectivity index (χ4v) is 2.24. The molecule has 21 heavy (non-hydrogen) atoms. The summed E-state index contributed by atoms with van der Waals surface area (Å²) in [7, 11) is 3.36. The van der Waals surface area contributed by atoms with Crippen LogP contribution in [0.5, 0.6) is 11.5 Å². The number of methoxy groups -OCH3 is 2. The number of nitrogens with one attached hydrogen (secondary N) is 1. The lowest BCUT2D eigenvalue weighted by Gasteiger charge is -2.18. The van der Waals surface area contributed by atoms with Gasteiger partial charge in [-0.1, -0.05) is 17.7 Å². The van der Waals surface area contributed by atoms with Crippen molar-refractivity contribution in [2.24, 2.45) is 0 Å². The summed E-state index contributed by atoms with van der Waals surface area (Å²) in [5.41, 5.74) is 3.33. The summed E-state index contributed by atoms with van der Waals surface area (Å²) in [4.78, 5) is 4.34. The highest BCUT2D eigenvalue weighted by atomic mass is 16.5. The molecule has 0 unspecified atom stereocenters. The van der Waals surface area contributed by atoms with E-state index in [0.717, 1.165) is 22.8 Å². The molecule has 1 aromatic heterocycles. The van der Waals surface area contributed by atoms with Gasteiger partial charge in [0.05, 0.1) is 19.9 Å². The molecule has 0 bridgehead atoms. The smallest absolute Gasteiger partial charge is 0.123 e. The molecule has 0 aliphatic carbocycles. The van der Waals surface area contributed by atoms with Crippen LogP contribution in [0.25, 0.3) is 0 Å². The first-order valence-corrected chi connectivity index (χ1v) is 7.01. The van der Waals surface area contributed by atoms with Crippen molar-refractivity contribution in [3.63, 3.8) is 0 Å². The van der Waals surface area contributed by atoms with E-state index in [9.17, 15) is 0 Å². The van der Waals surface area contributed by atoms with Gasteiger partial charge in [-0.25, -0.2) is 0 Å². The average Bonchev–Trinajstić information content (AvgIpc) is 2.52. The predicted octanol–water partition coefficient (Wildman–Crippen LogP) is 3.26. The van der Waals surface area contributed by atoms with Crippen molar-refractivity contribution < 1.29 is 9.47 Å². The second kappa shape index (κ2) is 7.09. The molecule has 2 aromatic rings. The van der Waals surface area contributed by atoms with E-state index in [0.29, 0.717) is 6.54 Å². The third kappa shape index (κ3) is 3.95. The Hall–Kier alpha value is -2.07. The second-order valence-electron chi connectivity index (χ2n) is 5.03. The van der Waals surface area contributed by atoms with Crippen molar-refractivity contribution in [2.75, 3.05) is 14.2 Å². The van der Waals surface area contributed by atoms with Crippen LogP contribution < -0.4 is 14.8 Å². The molecule has 4 heteroatoms. The largest absolute Gasteiger partial charge is 0.497 e. The standard InChI is InChI=1S/C17H22N2O2/c1-12-5-6-17(21-4)16(9-12)13(2)19-11-14-10-15(20-3)7-8-18-14/h5-10,13,19H,11H2,1-4H3/t13-/m0/s1. The molecule has 0 radical (unpaired) electrons. The number of benzene rings is 1. The van der Waals surface area contributed by atoms with Gasteiger partial charge < -0.3 is 14.8 Å². The van der Waals surface area contributed by atoms with E-state index in [2.05, 4.69) is 36.3 Å². The number of pyridine rings is 1. The van der Waals surface area contributed by atoms with Crippen molar-refractivity contribution in [1.82, 2.24) is 10.3 Å². The first kappa shape index (κ1) is 15.3. The molecule has 1 aromatic carbocycles. The highest BCUT2D eigenvalue weighted by Crippen LogP contribution is 2.26. The Balaban J connectivity index is 2.07. The molecule has 1 N–H and O–H groups in total. The summed E-state index contributed by atoms with van der Waals surface area (Å²) in [6.07, 6.45) is 1.76. The van der Waals surface area contributed by atoms with E-state index in [1.807, 2.05) is 18.2 Å². The van der Waals surface area contributed by atoms with Crippen LogP contribution in [0.4, 0.5) is 0 Å². The first-order valence-electron chi connectivity index (χ1n) is 7.01. The molecule has 1 atom stereocenters. The highest BCUT2D eigenvalue weighted by molar-refractivity contribution is 5.39. The Labute approximate surface area is 126 Å². The number of ether oxygens (including phenoxy) is 2. The molecule has 0 spiro atoms. The van der Waals surface area contributed by atoms with Gasteiger partial charge >= 0.3 is 0 Å². The van der Waals surface area contributed by atoms with Gasteiger partial charge in [0.15, 0.2) is 0 Å². The van der Waals surface area contributed by atoms with E-state index in [-0.39, 0.29) is 6.04 Å². The molecule has 0 aliphatic heterocycles. The molecule has 112 valence electrons. The van der Waals surface area contributed by atoms with Gasteiger partial charge in [-0.2, -0.15) is 0 Å². The van der Waals surface area contributed by atoms with Gasteiger partial charge in [0.2, 0.25) is 0 Å². The summed E-state index contributed by atoms with van der Waals surface area (Å²) < 4.78 is 10.6. The lowest BCUT2D eigenvalue weighted by Crippen LogP contribution is -2.19. The zero-order valence-electron chi connectivity index (χ0n) is 13.0. The molecular weight excluding hydrogens is 264 g/mol. The molecule has 4 nitrogen and oxygen atoms in total. The zero-order valence-corrected chi connectivity index (χ0v) is 13.0. The molecule has 0 saturated carbocycles. The van der Waals surface area contributed by atoms with Crippen molar-refractivity contribution in [1.29, 1.82) is 0 Å². The van der Waals surface area contributed by atoms with Crippen molar-refractivity contribution in [3.05, 3.63) is 53.3 Å². The number of aromatic nitrogens is 1. The molecule has 0 fully saturated rings. The third-order valence-electron chi connectivity index (χ3n) is 3.46. The SMILES string of the molecule is COc1ccnc(CN[C@@H](C)c2cc(C)ccc2OC)c1. The maximum Gasteiger partial charge on any atom is 0.123 e. The minimum atomic E-state index is 0.174. The Morgan fingerprint density at radius 2 is 1.95 bits per heavy atom. The highest BCUT2D eigenvalue weighted by Gasteiger charge is 2.11. The fraction of sp³-hybridized carbons (Fsp3) is 0.353. The normalized spacial score (nSPS) is 12.0. The monoisotopic (exact) mass is 286 g/mol. The minimum Gasteiger partial charge on any atom is -0.497 e. The maximum absolute atomic E-state index is 5.43. The van der Waals surface area contributed by atoms with E-state index in [1.165, 1.54) is 5.56 Å². The molecule has 0 amide bonds. The Morgan fingerprint density at radius 1 is 1.14 bits per heavy atom. The lowest BCUT2D eigenvalue weighted by atomic mass is 10.0. The van der Waals surface area contributed by atoms with Gasteiger partial charge in [-0.05, 0) is 26.0 Å². The Morgan fingerprint density at radius 3 is 2.67 bits per heavy atom. The van der Waals surface area contributed by atoms with Crippen LogP contribution in [0, 0.1) is 6.92 Å². The van der Waals surface area contributed by atoms with Crippen molar-refractivity contribution in [2.45, 2.75) is 26.4 Å². The van der Waals surface area contributed by atoms with Crippen molar-refractivity contribution in [3.8, 4) is 11.5 Å². The summed E-state index contributed by atoms with van der Waals surface area (Å²) in [6, 6.07) is 10.2. The number of hydrogen-bond acceptors (Lipinski definition) is 4. The van der Waals surface area contributed by atoms with Crippen LogP contribution in [0.2, 0.25) is 0 Å². The Kier molecular flexibility index (Phi) is 5.17. The number of hydrogen-bond donors (Lipinski definition) is 1. The maximum atomic E-state index is 5.43. The third-order valence-corrected chi connectivity index (χ3v) is 3.46. The summed E-state index contributed by atoms with van der Waals surface area (Å²) in [6.45, 7) is 4.88. The van der Waals surface area contributed by atoms with E-state index < -0.39 is 0 Å². The summed E-state index contributed by atoms with van der Waals surface area (Å²) in [5.74, 6) is 1.72. The van der Waals surface area contributed by atoms with E-state index >= 15 is 0 Å². The number of nitrogens with zero attached hydrogens (tertiary/aromatic N) is 1. The van der Waals surface area contributed by atoms with Gasteiger partial charge in [0.25, 0.3) is 0 Å². The molecule has 2 rings (SSSR count). The van der Waals surface area contributed by atoms with Crippen LogP contribution in [-0.2, 0) is 6.54 Å². The fourth-order valence-electron chi connectivity index (χ4n) is 2.24. The van der Waals surface area contributed by atoms with Gasteiger partial charge in [0, 0.05) is 30.4 Å². The average molecular weight is 286 g/mol. The van der Waals surface area contributed by atoms with Gasteiger partial charge in [0.1, 0.15) is 11.5 Å². The number of aryl methyl sites for hydroxylation is 1. The second-order valence-corrected chi connectivity index (χ2v) is 5.03. The van der Waals surface area contributed by atoms with E-state index in [1.54, 1.807) is 20.4 Å². The lowest BCUT2D eigenvalue weighted by molar-refractivity contribution is 0.400. The van der Waals surface area contributed by atoms with Crippen LogP contribution in [0.1, 0.15) is 29.8 Å². The first-order chi connectivity index (χ1) is 10.1. The van der Waals surface area contributed by atoms with E-state index in [4.69, 9.17) is 9.47 Å². The zero-order chi connectivity index (χ0) is 15.2. The molecule has 0 aliphatic rings. The quantitative estimate of drug-likeness (QED) is 0.885. The van der Waals surface area contributed by atoms with Crippen LogP contribution >= 0.6 is 0 Å². The summed E-state index contributed by atoms with van der Waals surface area (Å²) >= 11 is 0. The van der Waals surface area contributed by atoms with Crippen molar-refractivity contribution >= 4 is 0 Å². The molecular formula is C17H22N2O2. The van der Waals surface area contributed by atoms with Gasteiger partial charge in [-0.15, -0.1) is 0 Å².